The molecule has 0 spiro atoms. The zero-order valence-electron chi connectivity index (χ0n) is 14.7. The number of rotatable bonds is 9. The molecule has 0 aliphatic heterocycles. The summed E-state index contributed by atoms with van der Waals surface area (Å²) in [7, 11) is 0. The molecule has 1 nitrogen and oxygen atoms in total. The molecule has 23 heavy (non-hydrogen) atoms. The molecule has 0 N–H and O–H groups in total. The quantitative estimate of drug-likeness (QED) is 0.294. The van der Waals surface area contributed by atoms with E-state index < -0.39 is 0 Å². The lowest BCUT2D eigenvalue weighted by Gasteiger charge is -2.26. The molecule has 1 aromatic rings. The molecule has 1 aromatic carbocycles. The first kappa shape index (κ1) is 18.0. The van der Waals surface area contributed by atoms with Crippen LogP contribution in [0.1, 0.15) is 80.6 Å². The predicted octanol–water partition coefficient (Wildman–Crippen LogP) is 6.37. The van der Waals surface area contributed by atoms with Crippen molar-refractivity contribution in [3.63, 3.8) is 0 Å². The highest BCUT2D eigenvalue weighted by Gasteiger charge is 2.18. The van der Waals surface area contributed by atoms with Gasteiger partial charge < -0.3 is 0 Å². The molecule has 1 aliphatic carbocycles. The van der Waals surface area contributed by atoms with Gasteiger partial charge in [-0.05, 0) is 55.9 Å². The molecule has 0 saturated heterocycles. The van der Waals surface area contributed by atoms with Gasteiger partial charge in [0.1, 0.15) is 6.29 Å². The molecule has 1 heteroatoms. The molecule has 1 fully saturated rings. The van der Waals surface area contributed by atoms with Crippen LogP contribution in [0.5, 0.6) is 0 Å². The zero-order chi connectivity index (χ0) is 16.3. The Morgan fingerprint density at radius 1 is 1.04 bits per heavy atom. The summed E-state index contributed by atoms with van der Waals surface area (Å²) in [5.41, 5.74) is 2.08. The standard InChI is InChI=1S/C22H32O/c1-2-3-4-7-19-10-12-20(13-11-19)8-5-6-9-21-14-16-22(18-23)17-15-21/h5,8,14-20H,2-4,6-7,9-13H2,1H3/b8-5+/t19-,20-. The van der Waals surface area contributed by atoms with E-state index in [0.29, 0.717) is 0 Å². The number of allylic oxidation sites excluding steroid dienone is 2. The molecule has 1 saturated carbocycles. The van der Waals surface area contributed by atoms with E-state index in [2.05, 4.69) is 31.2 Å². The average Bonchev–Trinajstić information content (AvgIpc) is 2.61. The van der Waals surface area contributed by atoms with Crippen molar-refractivity contribution in [1.29, 1.82) is 0 Å². The van der Waals surface area contributed by atoms with Gasteiger partial charge >= 0.3 is 0 Å². The van der Waals surface area contributed by atoms with Gasteiger partial charge in [0, 0.05) is 5.56 Å². The Labute approximate surface area is 142 Å². The summed E-state index contributed by atoms with van der Waals surface area (Å²) < 4.78 is 0. The van der Waals surface area contributed by atoms with Gasteiger partial charge in [0.25, 0.3) is 0 Å². The summed E-state index contributed by atoms with van der Waals surface area (Å²) in [5.74, 6) is 1.82. The Hall–Kier alpha value is -1.37. The summed E-state index contributed by atoms with van der Waals surface area (Å²) in [6.07, 6.45) is 19.2. The number of unbranched alkanes of at least 4 members (excludes halogenated alkanes) is 2. The number of aldehydes is 1. The number of benzene rings is 1. The van der Waals surface area contributed by atoms with E-state index in [-0.39, 0.29) is 0 Å². The number of hydrogen-bond acceptors (Lipinski definition) is 1. The first-order valence-electron chi connectivity index (χ1n) is 9.52. The van der Waals surface area contributed by atoms with Crippen LogP contribution in [0, 0.1) is 11.8 Å². The molecule has 0 atom stereocenters. The van der Waals surface area contributed by atoms with E-state index in [4.69, 9.17) is 0 Å². The van der Waals surface area contributed by atoms with Crippen LogP contribution < -0.4 is 0 Å². The lowest BCUT2D eigenvalue weighted by atomic mass is 9.79. The van der Waals surface area contributed by atoms with Gasteiger partial charge in [0.05, 0.1) is 0 Å². The van der Waals surface area contributed by atoms with E-state index in [1.54, 1.807) is 0 Å². The first-order chi connectivity index (χ1) is 11.3. The van der Waals surface area contributed by atoms with Gasteiger partial charge in [-0.2, -0.15) is 0 Å². The van der Waals surface area contributed by atoms with Crippen LogP contribution in [-0.2, 0) is 6.42 Å². The molecule has 1 aliphatic rings. The number of hydrogen-bond donors (Lipinski definition) is 0. The van der Waals surface area contributed by atoms with Crippen LogP contribution in [0.25, 0.3) is 0 Å². The predicted molar refractivity (Wildman–Crippen MR) is 98.9 cm³/mol. The van der Waals surface area contributed by atoms with Crippen LogP contribution in [-0.4, -0.2) is 6.29 Å². The maximum Gasteiger partial charge on any atom is 0.150 e. The van der Waals surface area contributed by atoms with Crippen molar-refractivity contribution >= 4 is 6.29 Å². The summed E-state index contributed by atoms with van der Waals surface area (Å²) >= 11 is 0. The Morgan fingerprint density at radius 2 is 1.78 bits per heavy atom. The van der Waals surface area contributed by atoms with Crippen molar-refractivity contribution in [2.75, 3.05) is 0 Å². The third-order valence-corrected chi connectivity index (χ3v) is 5.23. The first-order valence-corrected chi connectivity index (χ1v) is 9.52. The van der Waals surface area contributed by atoms with Crippen LogP contribution in [0.2, 0.25) is 0 Å². The van der Waals surface area contributed by atoms with E-state index in [1.165, 1.54) is 56.9 Å². The minimum atomic E-state index is 0.764. The lowest BCUT2D eigenvalue weighted by molar-refractivity contribution is 0.112. The summed E-state index contributed by atoms with van der Waals surface area (Å²) in [5, 5.41) is 0. The summed E-state index contributed by atoms with van der Waals surface area (Å²) in [6, 6.07) is 7.95. The van der Waals surface area contributed by atoms with E-state index >= 15 is 0 Å². The highest BCUT2D eigenvalue weighted by atomic mass is 16.1. The smallest absolute Gasteiger partial charge is 0.150 e. The average molecular weight is 312 g/mol. The van der Waals surface area contributed by atoms with Gasteiger partial charge in [-0.1, -0.05) is 69.0 Å². The Kier molecular flexibility index (Phi) is 8.14. The van der Waals surface area contributed by atoms with Gasteiger partial charge in [0.2, 0.25) is 0 Å². The molecular formula is C22H32O. The van der Waals surface area contributed by atoms with E-state index in [0.717, 1.165) is 36.5 Å². The minimum Gasteiger partial charge on any atom is -0.298 e. The maximum absolute atomic E-state index is 10.6. The normalized spacial score (nSPS) is 21.6. The van der Waals surface area contributed by atoms with Crippen molar-refractivity contribution in [1.82, 2.24) is 0 Å². The van der Waals surface area contributed by atoms with Crippen molar-refractivity contribution in [2.45, 2.75) is 71.1 Å². The monoisotopic (exact) mass is 312 g/mol. The zero-order valence-corrected chi connectivity index (χ0v) is 14.7. The Morgan fingerprint density at radius 3 is 2.43 bits per heavy atom. The molecule has 0 heterocycles. The Balaban J connectivity index is 1.62. The Bertz CT molecular complexity index is 463. The van der Waals surface area contributed by atoms with Gasteiger partial charge in [-0.25, -0.2) is 0 Å². The second-order valence-corrected chi connectivity index (χ2v) is 7.10. The van der Waals surface area contributed by atoms with Crippen LogP contribution >= 0.6 is 0 Å². The van der Waals surface area contributed by atoms with Gasteiger partial charge in [-0.3, -0.25) is 4.79 Å². The third kappa shape index (κ3) is 6.72. The molecular weight excluding hydrogens is 280 g/mol. The van der Waals surface area contributed by atoms with Gasteiger partial charge in [0.15, 0.2) is 0 Å². The number of carbonyl (C=O) groups excluding carboxylic acids is 1. The molecule has 0 unspecified atom stereocenters. The van der Waals surface area contributed by atoms with Crippen molar-refractivity contribution < 1.29 is 4.79 Å². The molecule has 126 valence electrons. The maximum atomic E-state index is 10.6. The van der Waals surface area contributed by atoms with Crippen LogP contribution in [0.4, 0.5) is 0 Å². The van der Waals surface area contributed by atoms with Crippen molar-refractivity contribution in [3.05, 3.63) is 47.5 Å². The van der Waals surface area contributed by atoms with Crippen LogP contribution in [0.3, 0.4) is 0 Å². The second kappa shape index (κ2) is 10.4. The molecule has 0 aromatic heterocycles. The topological polar surface area (TPSA) is 17.1 Å². The number of carbonyl (C=O) groups is 1. The van der Waals surface area contributed by atoms with Crippen molar-refractivity contribution in [2.24, 2.45) is 11.8 Å². The summed E-state index contributed by atoms with van der Waals surface area (Å²) in [4.78, 5) is 10.6. The van der Waals surface area contributed by atoms with E-state index in [9.17, 15) is 4.79 Å². The SMILES string of the molecule is CCCCC[C@H]1CC[C@H](/C=C/CCc2ccc(C=O)cc2)CC1. The van der Waals surface area contributed by atoms with Crippen molar-refractivity contribution in [3.8, 4) is 0 Å². The fourth-order valence-electron chi connectivity index (χ4n) is 3.65. The fraction of sp³-hybridized carbons (Fsp3) is 0.591. The number of aryl methyl sites for hydroxylation is 1. The summed E-state index contributed by atoms with van der Waals surface area (Å²) in [6.45, 7) is 2.29. The third-order valence-electron chi connectivity index (χ3n) is 5.23. The molecule has 2 rings (SSSR count). The molecule has 0 amide bonds. The highest BCUT2D eigenvalue weighted by molar-refractivity contribution is 5.74. The highest BCUT2D eigenvalue weighted by Crippen LogP contribution is 2.32. The fourth-order valence-corrected chi connectivity index (χ4v) is 3.65. The van der Waals surface area contributed by atoms with Gasteiger partial charge in [-0.15, -0.1) is 0 Å². The van der Waals surface area contributed by atoms with Crippen LogP contribution in [0.15, 0.2) is 36.4 Å². The minimum absolute atomic E-state index is 0.764. The molecule has 0 bridgehead atoms. The lowest BCUT2D eigenvalue weighted by Crippen LogP contribution is -2.13. The second-order valence-electron chi connectivity index (χ2n) is 7.10. The van der Waals surface area contributed by atoms with E-state index in [1.807, 2.05) is 12.1 Å². The largest absolute Gasteiger partial charge is 0.298 e. The molecule has 0 radical (unpaired) electrons.